The molecule has 1 N–H and O–H groups in total. The molecule has 108 valence electrons. The van der Waals surface area contributed by atoms with E-state index in [0.29, 0.717) is 6.04 Å². The Morgan fingerprint density at radius 1 is 1.15 bits per heavy atom. The molecule has 0 spiro atoms. The maximum absolute atomic E-state index is 3.63. The molecule has 1 heterocycles. The van der Waals surface area contributed by atoms with Gasteiger partial charge in [-0.1, -0.05) is 42.8 Å². The van der Waals surface area contributed by atoms with Crippen LogP contribution in [0.3, 0.4) is 0 Å². The van der Waals surface area contributed by atoms with Gasteiger partial charge in [-0.15, -0.1) is 11.3 Å². The topological polar surface area (TPSA) is 12.0 Å². The minimum absolute atomic E-state index is 0.600. The van der Waals surface area contributed by atoms with Crippen molar-refractivity contribution in [2.75, 3.05) is 6.54 Å². The zero-order chi connectivity index (χ0) is 14.2. The number of likely N-dealkylation sites (N-methyl/N-ethyl adjacent to an activating group) is 1. The molecule has 0 aliphatic rings. The van der Waals surface area contributed by atoms with E-state index in [1.165, 1.54) is 35.3 Å². The first-order valence-electron chi connectivity index (χ1n) is 7.59. The summed E-state index contributed by atoms with van der Waals surface area (Å²) in [6, 6.07) is 13.9. The fourth-order valence-corrected chi connectivity index (χ4v) is 3.30. The molecular weight excluding hydrogens is 262 g/mol. The third-order valence-corrected chi connectivity index (χ3v) is 4.59. The minimum Gasteiger partial charge on any atom is -0.314 e. The third-order valence-electron chi connectivity index (χ3n) is 3.65. The largest absolute Gasteiger partial charge is 0.314 e. The molecule has 0 aliphatic heterocycles. The van der Waals surface area contributed by atoms with Gasteiger partial charge in [0, 0.05) is 10.9 Å². The van der Waals surface area contributed by atoms with Gasteiger partial charge in [-0.3, -0.25) is 0 Å². The SMILES string of the molecule is CCNC(CCCc1cccs1)Cc1ccc(C)cc1. The number of benzene rings is 1. The summed E-state index contributed by atoms with van der Waals surface area (Å²) in [5.41, 5.74) is 2.78. The second-order valence-corrected chi connectivity index (χ2v) is 6.45. The van der Waals surface area contributed by atoms with Crippen molar-refractivity contribution in [2.24, 2.45) is 0 Å². The van der Waals surface area contributed by atoms with Gasteiger partial charge in [0.05, 0.1) is 0 Å². The maximum atomic E-state index is 3.63. The normalized spacial score (nSPS) is 12.5. The average molecular weight is 287 g/mol. The van der Waals surface area contributed by atoms with E-state index in [-0.39, 0.29) is 0 Å². The number of thiophene rings is 1. The highest BCUT2D eigenvalue weighted by Gasteiger charge is 2.08. The van der Waals surface area contributed by atoms with Gasteiger partial charge in [0.25, 0.3) is 0 Å². The summed E-state index contributed by atoms with van der Waals surface area (Å²) in [5.74, 6) is 0. The van der Waals surface area contributed by atoms with Crippen molar-refractivity contribution in [3.63, 3.8) is 0 Å². The van der Waals surface area contributed by atoms with E-state index in [2.05, 4.69) is 60.9 Å². The fourth-order valence-electron chi connectivity index (χ4n) is 2.55. The first-order valence-corrected chi connectivity index (χ1v) is 8.47. The van der Waals surface area contributed by atoms with Crippen molar-refractivity contribution in [1.82, 2.24) is 5.32 Å². The van der Waals surface area contributed by atoms with Gasteiger partial charge in [-0.2, -0.15) is 0 Å². The smallest absolute Gasteiger partial charge is 0.0107 e. The monoisotopic (exact) mass is 287 g/mol. The van der Waals surface area contributed by atoms with E-state index in [9.17, 15) is 0 Å². The summed E-state index contributed by atoms with van der Waals surface area (Å²) < 4.78 is 0. The second-order valence-electron chi connectivity index (χ2n) is 5.42. The summed E-state index contributed by atoms with van der Waals surface area (Å²) >= 11 is 1.87. The van der Waals surface area contributed by atoms with Crippen molar-refractivity contribution in [1.29, 1.82) is 0 Å². The van der Waals surface area contributed by atoms with Crippen molar-refractivity contribution < 1.29 is 0 Å². The number of nitrogens with one attached hydrogen (secondary N) is 1. The molecule has 0 fully saturated rings. The molecule has 0 radical (unpaired) electrons. The van der Waals surface area contributed by atoms with Crippen LogP contribution in [0.25, 0.3) is 0 Å². The molecule has 1 aromatic carbocycles. The Balaban J connectivity index is 1.81. The lowest BCUT2D eigenvalue weighted by molar-refractivity contribution is 0.477. The van der Waals surface area contributed by atoms with Crippen molar-refractivity contribution in [3.05, 3.63) is 57.8 Å². The number of rotatable bonds is 8. The second kappa shape index (κ2) is 8.23. The van der Waals surface area contributed by atoms with Crippen LogP contribution in [0.2, 0.25) is 0 Å². The highest BCUT2D eigenvalue weighted by molar-refractivity contribution is 7.09. The Kier molecular flexibility index (Phi) is 6.28. The highest BCUT2D eigenvalue weighted by Crippen LogP contribution is 2.15. The summed E-state index contributed by atoms with van der Waals surface area (Å²) in [6.07, 6.45) is 4.87. The van der Waals surface area contributed by atoms with Crippen molar-refractivity contribution in [3.8, 4) is 0 Å². The van der Waals surface area contributed by atoms with Crippen LogP contribution < -0.4 is 5.32 Å². The number of aryl methyl sites for hydroxylation is 2. The van der Waals surface area contributed by atoms with Crippen molar-refractivity contribution in [2.45, 2.75) is 45.6 Å². The number of hydrogen-bond acceptors (Lipinski definition) is 2. The highest BCUT2D eigenvalue weighted by atomic mass is 32.1. The summed E-state index contributed by atoms with van der Waals surface area (Å²) in [5, 5.41) is 5.80. The van der Waals surface area contributed by atoms with Gasteiger partial charge >= 0.3 is 0 Å². The van der Waals surface area contributed by atoms with E-state index < -0.39 is 0 Å². The van der Waals surface area contributed by atoms with Gasteiger partial charge in [-0.25, -0.2) is 0 Å². The van der Waals surface area contributed by atoms with Crippen LogP contribution in [0.4, 0.5) is 0 Å². The zero-order valence-electron chi connectivity index (χ0n) is 12.6. The Morgan fingerprint density at radius 3 is 2.60 bits per heavy atom. The molecule has 2 heteroatoms. The van der Waals surface area contributed by atoms with Crippen LogP contribution in [-0.4, -0.2) is 12.6 Å². The van der Waals surface area contributed by atoms with Gasteiger partial charge in [0.1, 0.15) is 0 Å². The van der Waals surface area contributed by atoms with Crippen LogP contribution in [0.1, 0.15) is 35.8 Å². The maximum Gasteiger partial charge on any atom is 0.0107 e. The molecule has 1 atom stereocenters. The minimum atomic E-state index is 0.600. The molecule has 0 bridgehead atoms. The van der Waals surface area contributed by atoms with Gasteiger partial charge in [-0.05, 0) is 56.2 Å². The Morgan fingerprint density at radius 2 is 1.95 bits per heavy atom. The third kappa shape index (κ3) is 5.10. The predicted molar refractivity (Wildman–Crippen MR) is 89.6 cm³/mol. The van der Waals surface area contributed by atoms with Crippen LogP contribution >= 0.6 is 11.3 Å². The Labute approximate surface area is 127 Å². The van der Waals surface area contributed by atoms with Crippen LogP contribution in [0.15, 0.2) is 41.8 Å². The lowest BCUT2D eigenvalue weighted by Crippen LogP contribution is -2.31. The quantitative estimate of drug-likeness (QED) is 0.748. The van der Waals surface area contributed by atoms with Gasteiger partial charge < -0.3 is 5.32 Å². The van der Waals surface area contributed by atoms with Crippen LogP contribution in [-0.2, 0) is 12.8 Å². The Bertz CT molecular complexity index is 473. The standard InChI is InChI=1S/C18H25NS/c1-3-19-17(6-4-7-18-8-5-13-20-18)14-16-11-9-15(2)10-12-16/h5,8-13,17,19H,3-4,6-7,14H2,1-2H3. The van der Waals surface area contributed by atoms with E-state index in [1.54, 1.807) is 0 Å². The predicted octanol–water partition coefficient (Wildman–Crippen LogP) is 4.60. The van der Waals surface area contributed by atoms with Crippen LogP contribution in [0.5, 0.6) is 0 Å². The average Bonchev–Trinajstić information content (AvgIpc) is 2.95. The van der Waals surface area contributed by atoms with E-state index in [4.69, 9.17) is 0 Å². The molecule has 0 saturated heterocycles. The van der Waals surface area contributed by atoms with Gasteiger partial charge in [0.2, 0.25) is 0 Å². The Hall–Kier alpha value is -1.12. The first kappa shape index (κ1) is 15.3. The molecule has 1 aromatic heterocycles. The summed E-state index contributed by atoms with van der Waals surface area (Å²) in [6.45, 7) is 5.39. The van der Waals surface area contributed by atoms with E-state index >= 15 is 0 Å². The van der Waals surface area contributed by atoms with Crippen LogP contribution in [0, 0.1) is 6.92 Å². The number of hydrogen-bond donors (Lipinski definition) is 1. The summed E-state index contributed by atoms with van der Waals surface area (Å²) in [7, 11) is 0. The molecular formula is C18H25NS. The molecule has 2 rings (SSSR count). The molecule has 1 nitrogen and oxygen atoms in total. The fraction of sp³-hybridized carbons (Fsp3) is 0.444. The van der Waals surface area contributed by atoms with Gasteiger partial charge in [0.15, 0.2) is 0 Å². The molecule has 1 unspecified atom stereocenters. The molecule has 0 aliphatic carbocycles. The van der Waals surface area contributed by atoms with E-state index in [1.807, 2.05) is 11.3 Å². The van der Waals surface area contributed by atoms with Crippen molar-refractivity contribution >= 4 is 11.3 Å². The lowest BCUT2D eigenvalue weighted by Gasteiger charge is -2.18. The molecule has 20 heavy (non-hydrogen) atoms. The summed E-state index contributed by atoms with van der Waals surface area (Å²) in [4.78, 5) is 1.51. The lowest BCUT2D eigenvalue weighted by atomic mass is 10.00. The first-order chi connectivity index (χ1) is 9.78. The molecule has 2 aromatic rings. The molecule has 0 amide bonds. The zero-order valence-corrected chi connectivity index (χ0v) is 13.4. The van der Waals surface area contributed by atoms with E-state index in [0.717, 1.165) is 13.0 Å². The molecule has 0 saturated carbocycles.